The minimum absolute atomic E-state index is 0.00253. The number of alkyl carbamates (subject to hydrolysis) is 1. The molecule has 0 aliphatic rings. The Morgan fingerprint density at radius 3 is 2.63 bits per heavy atom. The summed E-state index contributed by atoms with van der Waals surface area (Å²) >= 11 is 0. The van der Waals surface area contributed by atoms with Gasteiger partial charge in [-0.3, -0.25) is 4.98 Å². The normalized spacial score (nSPS) is 11.2. The van der Waals surface area contributed by atoms with Crippen molar-refractivity contribution in [3.63, 3.8) is 0 Å². The van der Waals surface area contributed by atoms with E-state index >= 15 is 0 Å². The molecule has 1 amide bonds. The Morgan fingerprint density at radius 1 is 1.26 bits per heavy atom. The smallest absolute Gasteiger partial charge is 0.407 e. The summed E-state index contributed by atoms with van der Waals surface area (Å²) in [5, 5.41) is 2.31. The molecule has 1 N–H and O–H groups in total. The van der Waals surface area contributed by atoms with Gasteiger partial charge < -0.3 is 10.1 Å². The highest BCUT2D eigenvalue weighted by Crippen LogP contribution is 2.27. The fourth-order valence-corrected chi connectivity index (χ4v) is 3.80. The number of ether oxygens (including phenoxy) is 1. The van der Waals surface area contributed by atoms with Gasteiger partial charge in [0.05, 0.1) is 5.69 Å². The van der Waals surface area contributed by atoms with Gasteiger partial charge in [-0.25, -0.2) is 21.6 Å². The van der Waals surface area contributed by atoms with Gasteiger partial charge in [0.25, 0.3) is 10.0 Å². The molecule has 3 aromatic rings. The second kappa shape index (κ2) is 7.58. The van der Waals surface area contributed by atoms with E-state index in [-0.39, 0.29) is 11.5 Å². The van der Waals surface area contributed by atoms with Gasteiger partial charge in [-0.05, 0) is 48.0 Å². The molecular weight excluding hydrogens is 373 g/mol. The Kier molecular flexibility index (Phi) is 5.22. The molecule has 7 nitrogen and oxygen atoms in total. The van der Waals surface area contributed by atoms with Crippen molar-refractivity contribution in [3.05, 3.63) is 72.4 Å². The van der Waals surface area contributed by atoms with Crippen LogP contribution in [0.15, 0.2) is 66.0 Å². The first kappa shape index (κ1) is 18.6. The molecule has 9 heteroatoms. The Balaban J connectivity index is 2.09. The molecule has 27 heavy (non-hydrogen) atoms. The van der Waals surface area contributed by atoms with E-state index in [1.807, 2.05) is 0 Å². The van der Waals surface area contributed by atoms with E-state index in [2.05, 4.69) is 10.3 Å². The first-order valence-corrected chi connectivity index (χ1v) is 9.33. The van der Waals surface area contributed by atoms with Crippen molar-refractivity contribution in [1.82, 2.24) is 14.3 Å². The van der Waals surface area contributed by atoms with Crippen LogP contribution in [0, 0.1) is 5.82 Å². The number of hydrogen-bond donors (Lipinski definition) is 1. The van der Waals surface area contributed by atoms with Gasteiger partial charge in [0.2, 0.25) is 0 Å². The van der Waals surface area contributed by atoms with E-state index in [1.165, 1.54) is 62.0 Å². The minimum Gasteiger partial charge on any atom is -0.445 e. The van der Waals surface area contributed by atoms with Gasteiger partial charge in [-0.2, -0.15) is 0 Å². The van der Waals surface area contributed by atoms with E-state index in [0.717, 1.165) is 3.97 Å². The van der Waals surface area contributed by atoms with Gasteiger partial charge in [0, 0.05) is 31.2 Å². The number of halogens is 1. The summed E-state index contributed by atoms with van der Waals surface area (Å²) in [6, 6.07) is 9.95. The lowest BCUT2D eigenvalue weighted by atomic mass is 10.1. The third-order valence-electron chi connectivity index (χ3n) is 3.75. The summed E-state index contributed by atoms with van der Waals surface area (Å²) in [5.41, 5.74) is 1.27. The maximum Gasteiger partial charge on any atom is 0.407 e. The Bertz CT molecular complexity index is 1050. The average molecular weight is 389 g/mol. The maximum atomic E-state index is 13.3. The Morgan fingerprint density at radius 2 is 2.00 bits per heavy atom. The van der Waals surface area contributed by atoms with E-state index < -0.39 is 21.9 Å². The van der Waals surface area contributed by atoms with Crippen LogP contribution in [0.2, 0.25) is 0 Å². The van der Waals surface area contributed by atoms with Crippen molar-refractivity contribution in [2.24, 2.45) is 0 Å². The van der Waals surface area contributed by atoms with E-state index in [4.69, 9.17) is 4.74 Å². The third-order valence-corrected chi connectivity index (χ3v) is 5.41. The maximum absolute atomic E-state index is 13.3. The Labute approximate surface area is 155 Å². The van der Waals surface area contributed by atoms with Crippen LogP contribution in [-0.2, 0) is 21.4 Å². The monoisotopic (exact) mass is 389 g/mol. The molecule has 0 aliphatic heterocycles. The molecular formula is C18H16FN3O4S. The second-order valence-corrected chi connectivity index (χ2v) is 7.37. The molecule has 140 valence electrons. The SMILES string of the molecule is CNC(=O)OCc1cc(-c2ccc(F)cc2)n(S(=O)(=O)c2cccnc2)c1. The first-order valence-electron chi connectivity index (χ1n) is 7.89. The van der Waals surface area contributed by atoms with Crippen molar-refractivity contribution in [2.45, 2.75) is 11.5 Å². The van der Waals surface area contributed by atoms with Crippen molar-refractivity contribution >= 4 is 16.1 Å². The zero-order valence-corrected chi connectivity index (χ0v) is 15.1. The average Bonchev–Trinajstić information content (AvgIpc) is 3.12. The van der Waals surface area contributed by atoms with Gasteiger partial charge in [-0.1, -0.05) is 0 Å². The van der Waals surface area contributed by atoms with Gasteiger partial charge >= 0.3 is 6.09 Å². The predicted octanol–water partition coefficient (Wildman–Crippen LogP) is 2.78. The fraction of sp³-hybridized carbons (Fsp3) is 0.111. The molecule has 2 heterocycles. The number of benzene rings is 1. The van der Waals surface area contributed by atoms with E-state index in [1.54, 1.807) is 6.07 Å². The van der Waals surface area contributed by atoms with Crippen molar-refractivity contribution in [2.75, 3.05) is 7.05 Å². The molecule has 0 spiro atoms. The molecule has 0 bridgehead atoms. The highest BCUT2D eigenvalue weighted by molar-refractivity contribution is 7.90. The number of hydrogen-bond acceptors (Lipinski definition) is 5. The summed E-state index contributed by atoms with van der Waals surface area (Å²) in [6.45, 7) is -0.122. The fourth-order valence-electron chi connectivity index (χ4n) is 2.44. The van der Waals surface area contributed by atoms with Crippen LogP contribution in [0.25, 0.3) is 11.3 Å². The lowest BCUT2D eigenvalue weighted by Crippen LogP contribution is -2.18. The number of carbonyl (C=O) groups excluding carboxylic acids is 1. The van der Waals surface area contributed by atoms with Crippen LogP contribution < -0.4 is 5.32 Å². The molecule has 2 aromatic heterocycles. The topological polar surface area (TPSA) is 90.3 Å². The van der Waals surface area contributed by atoms with Crippen LogP contribution in [0.3, 0.4) is 0 Å². The highest BCUT2D eigenvalue weighted by atomic mass is 32.2. The number of aromatic nitrogens is 2. The number of rotatable bonds is 5. The number of amides is 1. The summed E-state index contributed by atoms with van der Waals surface area (Å²) in [5.74, 6) is -0.435. The van der Waals surface area contributed by atoms with Gasteiger partial charge in [-0.15, -0.1) is 0 Å². The van der Waals surface area contributed by atoms with Crippen LogP contribution in [-0.4, -0.2) is 30.5 Å². The molecule has 0 saturated carbocycles. The summed E-state index contributed by atoms with van der Waals surface area (Å²) in [7, 11) is -2.53. The van der Waals surface area contributed by atoms with E-state index in [0.29, 0.717) is 16.8 Å². The van der Waals surface area contributed by atoms with Crippen molar-refractivity contribution in [1.29, 1.82) is 0 Å². The minimum atomic E-state index is -3.95. The molecule has 1 aromatic carbocycles. The highest BCUT2D eigenvalue weighted by Gasteiger charge is 2.22. The molecule has 0 aliphatic carbocycles. The van der Waals surface area contributed by atoms with E-state index in [9.17, 15) is 17.6 Å². The van der Waals surface area contributed by atoms with Crippen molar-refractivity contribution in [3.8, 4) is 11.3 Å². The molecule has 3 rings (SSSR count). The molecule has 0 radical (unpaired) electrons. The number of nitrogens with zero attached hydrogens (tertiary/aromatic N) is 2. The van der Waals surface area contributed by atoms with Crippen LogP contribution in [0.1, 0.15) is 5.56 Å². The van der Waals surface area contributed by atoms with Crippen LogP contribution in [0.5, 0.6) is 0 Å². The molecule has 0 saturated heterocycles. The molecule has 0 unspecified atom stereocenters. The second-order valence-electron chi connectivity index (χ2n) is 5.56. The predicted molar refractivity (Wildman–Crippen MR) is 95.9 cm³/mol. The van der Waals surface area contributed by atoms with Crippen LogP contribution in [0.4, 0.5) is 9.18 Å². The lowest BCUT2D eigenvalue weighted by molar-refractivity contribution is 0.142. The largest absolute Gasteiger partial charge is 0.445 e. The van der Waals surface area contributed by atoms with Crippen molar-refractivity contribution < 1.29 is 22.3 Å². The van der Waals surface area contributed by atoms with Gasteiger partial charge in [0.15, 0.2) is 0 Å². The van der Waals surface area contributed by atoms with Gasteiger partial charge in [0.1, 0.15) is 17.3 Å². The number of pyridine rings is 1. The summed E-state index contributed by atoms with van der Waals surface area (Å²) in [6.07, 6.45) is 3.44. The zero-order valence-electron chi connectivity index (χ0n) is 14.3. The zero-order chi connectivity index (χ0) is 19.4. The molecule has 0 fully saturated rings. The summed E-state index contributed by atoms with van der Waals surface area (Å²) < 4.78 is 45.4. The number of nitrogens with one attached hydrogen (secondary N) is 1. The lowest BCUT2D eigenvalue weighted by Gasteiger charge is -2.10. The van der Waals surface area contributed by atoms with Crippen LogP contribution >= 0.6 is 0 Å². The third kappa shape index (κ3) is 3.98. The Hall–Kier alpha value is -3.20. The standard InChI is InChI=1S/C18H16FN3O4S/c1-20-18(23)26-12-13-9-17(14-4-6-15(19)7-5-14)22(11-13)27(24,25)16-3-2-8-21-10-16/h2-11H,12H2,1H3,(H,20,23). The quantitative estimate of drug-likeness (QED) is 0.725. The summed E-state index contributed by atoms with van der Waals surface area (Å²) in [4.78, 5) is 15.1. The first-order chi connectivity index (χ1) is 12.9. The molecule has 0 atom stereocenters. The number of carbonyl (C=O) groups is 1.